The summed E-state index contributed by atoms with van der Waals surface area (Å²) in [6.45, 7) is 30.4. The molecule has 0 fully saturated rings. The third-order valence-corrected chi connectivity index (χ3v) is 16.4. The molecule has 4 aliphatic carbocycles. The van der Waals surface area contributed by atoms with Crippen molar-refractivity contribution in [1.82, 2.24) is 0 Å². The van der Waals surface area contributed by atoms with Crippen LogP contribution in [0.1, 0.15) is 166 Å². The monoisotopic (exact) mass is 763 g/mol. The van der Waals surface area contributed by atoms with E-state index in [0.717, 1.165) is 12.8 Å². The Balaban J connectivity index is 1.39. The van der Waals surface area contributed by atoms with E-state index >= 15 is 0 Å². The zero-order chi connectivity index (χ0) is 40.7. The van der Waals surface area contributed by atoms with Crippen LogP contribution in [0.25, 0.3) is 0 Å². The Bertz CT molecular complexity index is 2410. The smallest absolute Gasteiger partial charge is 0.252 e. The van der Waals surface area contributed by atoms with E-state index in [4.69, 9.17) is 0 Å². The van der Waals surface area contributed by atoms with Crippen molar-refractivity contribution in [3.8, 4) is 0 Å². The molecule has 5 aromatic carbocycles. The number of rotatable bonds is 2. The molecule has 296 valence electrons. The van der Waals surface area contributed by atoms with Gasteiger partial charge in [-0.1, -0.05) is 132 Å². The number of hydrogen-bond acceptors (Lipinski definition) is 2. The molecule has 11 rings (SSSR count). The minimum atomic E-state index is 0.0211. The minimum absolute atomic E-state index is 0.0211. The first-order valence-electron chi connectivity index (χ1n) is 22.6. The van der Waals surface area contributed by atoms with Crippen molar-refractivity contribution in [3.05, 3.63) is 124 Å². The zero-order valence-corrected chi connectivity index (χ0v) is 37.4. The van der Waals surface area contributed by atoms with Crippen molar-refractivity contribution in [2.24, 2.45) is 0 Å². The Kier molecular flexibility index (Phi) is 7.18. The van der Waals surface area contributed by atoms with Gasteiger partial charge < -0.3 is 9.80 Å². The van der Waals surface area contributed by atoms with E-state index in [9.17, 15) is 0 Å². The van der Waals surface area contributed by atoms with Crippen LogP contribution in [0.15, 0.2) is 84.9 Å². The van der Waals surface area contributed by atoms with Crippen molar-refractivity contribution in [2.45, 2.75) is 160 Å². The predicted molar refractivity (Wildman–Crippen MR) is 249 cm³/mol. The van der Waals surface area contributed by atoms with Crippen LogP contribution in [0.3, 0.4) is 0 Å². The first kappa shape index (κ1) is 36.8. The molecule has 0 aromatic heterocycles. The van der Waals surface area contributed by atoms with Gasteiger partial charge in [0.25, 0.3) is 6.71 Å². The molecule has 0 unspecified atom stereocenters. The lowest BCUT2D eigenvalue weighted by Crippen LogP contribution is -2.63. The standard InChI is InChI=1S/C55H63BN2/c1-50(2)25-23-33-24-26-51(3,4)46-44(33)45(50)48-47-49(46)58(35-21-17-14-18-22-35)43-30-39-37(53(7,8)32-55(39,11)12)28-41(43)56(47)40-27-36-38(54(9,10)31-52(36,5)6)29-42(40)57(48)34-19-15-13-16-20-34/h13-22,27-30,33H,23-26,31-32H2,1-12H3. The molecule has 2 aliphatic heterocycles. The first-order chi connectivity index (χ1) is 27.2. The maximum atomic E-state index is 2.78. The van der Waals surface area contributed by atoms with Crippen molar-refractivity contribution in [2.75, 3.05) is 9.80 Å². The molecular weight excluding hydrogens is 699 g/mol. The van der Waals surface area contributed by atoms with Gasteiger partial charge in [-0.25, -0.2) is 0 Å². The Morgan fingerprint density at radius 2 is 0.828 bits per heavy atom. The summed E-state index contributed by atoms with van der Waals surface area (Å²) in [7, 11) is 0. The van der Waals surface area contributed by atoms with Crippen molar-refractivity contribution < 1.29 is 0 Å². The Morgan fingerprint density at radius 3 is 1.21 bits per heavy atom. The summed E-state index contributed by atoms with van der Waals surface area (Å²) in [4.78, 5) is 5.56. The van der Waals surface area contributed by atoms with Gasteiger partial charge in [0.1, 0.15) is 0 Å². The van der Waals surface area contributed by atoms with E-state index < -0.39 is 0 Å². The van der Waals surface area contributed by atoms with Crippen LogP contribution in [-0.4, -0.2) is 6.71 Å². The van der Waals surface area contributed by atoms with Gasteiger partial charge in [-0.2, -0.15) is 0 Å². The van der Waals surface area contributed by atoms with Crippen molar-refractivity contribution >= 4 is 57.2 Å². The third kappa shape index (κ3) is 4.74. The van der Waals surface area contributed by atoms with Gasteiger partial charge in [0.05, 0.1) is 0 Å². The molecule has 0 amide bonds. The fourth-order valence-corrected chi connectivity index (χ4v) is 14.3. The summed E-state index contributed by atoms with van der Waals surface area (Å²) in [6, 6.07) is 33.7. The molecule has 0 saturated carbocycles. The molecule has 2 nitrogen and oxygen atoms in total. The molecule has 0 atom stereocenters. The minimum Gasteiger partial charge on any atom is -0.311 e. The van der Waals surface area contributed by atoms with Crippen LogP contribution in [0.5, 0.6) is 0 Å². The van der Waals surface area contributed by atoms with E-state index in [1.54, 1.807) is 27.8 Å². The van der Waals surface area contributed by atoms with E-state index in [0.29, 0.717) is 5.92 Å². The van der Waals surface area contributed by atoms with Crippen LogP contribution in [0, 0.1) is 0 Å². The van der Waals surface area contributed by atoms with Gasteiger partial charge >= 0.3 is 0 Å². The Morgan fingerprint density at radius 1 is 0.466 bits per heavy atom. The average molecular weight is 763 g/mol. The second-order valence-corrected chi connectivity index (χ2v) is 23.4. The number of benzene rings is 5. The van der Waals surface area contributed by atoms with Crippen LogP contribution in [0.2, 0.25) is 0 Å². The lowest BCUT2D eigenvalue weighted by atomic mass is 9.32. The van der Waals surface area contributed by atoms with Gasteiger partial charge in [0.2, 0.25) is 0 Å². The highest BCUT2D eigenvalue weighted by molar-refractivity contribution is 7.00. The van der Waals surface area contributed by atoms with Crippen LogP contribution in [0.4, 0.5) is 34.1 Å². The first-order valence-corrected chi connectivity index (χ1v) is 22.6. The van der Waals surface area contributed by atoms with E-state index in [1.807, 2.05) is 0 Å². The highest BCUT2D eigenvalue weighted by Crippen LogP contribution is 2.62. The maximum Gasteiger partial charge on any atom is 0.252 e. The topological polar surface area (TPSA) is 6.48 Å². The molecule has 58 heavy (non-hydrogen) atoms. The number of fused-ring (bicyclic) bond motifs is 8. The summed E-state index contributed by atoms with van der Waals surface area (Å²) >= 11 is 0. The average Bonchev–Trinajstić information content (AvgIpc) is 3.46. The molecule has 0 radical (unpaired) electrons. The van der Waals surface area contributed by atoms with Crippen LogP contribution < -0.4 is 26.2 Å². The SMILES string of the molecule is CC1(C)CC(C)(C)c2cc3c(cc21)B1c2cc4c(cc2N(c2ccccc2)c2c1c(c1c5c2C(C)(C)CCC5CCC1(C)C)N3c1ccccc1)C(C)(C)CC4(C)C. The Hall–Kier alpha value is -4.24. The Labute approximate surface area is 349 Å². The third-order valence-electron chi connectivity index (χ3n) is 16.4. The lowest BCUT2D eigenvalue weighted by Gasteiger charge is -2.54. The van der Waals surface area contributed by atoms with Gasteiger partial charge in [0, 0.05) is 34.1 Å². The second-order valence-electron chi connectivity index (χ2n) is 23.4. The molecule has 0 bridgehead atoms. The van der Waals surface area contributed by atoms with Crippen LogP contribution >= 0.6 is 0 Å². The number of para-hydroxylation sites is 2. The van der Waals surface area contributed by atoms with Crippen molar-refractivity contribution in [1.29, 1.82) is 0 Å². The fraction of sp³-hybridized carbons (Fsp3) is 0.455. The normalized spacial score (nSPS) is 22.7. The molecule has 3 heteroatoms. The van der Waals surface area contributed by atoms with E-state index in [-0.39, 0.29) is 39.2 Å². The quantitative estimate of drug-likeness (QED) is 0.162. The molecule has 0 saturated heterocycles. The maximum absolute atomic E-state index is 2.78. The summed E-state index contributed by atoms with van der Waals surface area (Å²) in [6.07, 6.45) is 7.29. The highest BCUT2D eigenvalue weighted by Gasteiger charge is 2.55. The van der Waals surface area contributed by atoms with E-state index in [1.165, 1.54) is 87.3 Å². The largest absolute Gasteiger partial charge is 0.311 e. The van der Waals surface area contributed by atoms with Gasteiger partial charge in [-0.15, -0.1) is 0 Å². The zero-order valence-electron chi connectivity index (χ0n) is 37.4. The number of anilines is 6. The molecule has 6 aliphatic rings. The second kappa shape index (κ2) is 11.3. The lowest BCUT2D eigenvalue weighted by molar-refractivity contribution is 0.322. The summed E-state index contributed by atoms with van der Waals surface area (Å²) in [5.41, 5.74) is 24.3. The van der Waals surface area contributed by atoms with Crippen molar-refractivity contribution in [3.63, 3.8) is 0 Å². The van der Waals surface area contributed by atoms with Crippen LogP contribution in [-0.2, 0) is 32.5 Å². The number of nitrogens with zero attached hydrogens (tertiary/aromatic N) is 2. The van der Waals surface area contributed by atoms with Gasteiger partial charge in [-0.05, 0) is 169 Å². The molecular formula is C55H63BN2. The van der Waals surface area contributed by atoms with Gasteiger partial charge in [0.15, 0.2) is 0 Å². The molecule has 0 spiro atoms. The summed E-state index contributed by atoms with van der Waals surface area (Å²) in [5.74, 6) is 0.573. The number of hydrogen-bond donors (Lipinski definition) is 0. The van der Waals surface area contributed by atoms with Gasteiger partial charge in [-0.3, -0.25) is 0 Å². The highest BCUT2D eigenvalue weighted by atomic mass is 15.2. The molecule has 0 N–H and O–H groups in total. The fourth-order valence-electron chi connectivity index (χ4n) is 14.3. The predicted octanol–water partition coefficient (Wildman–Crippen LogP) is 12.9. The summed E-state index contributed by atoms with van der Waals surface area (Å²) < 4.78 is 0. The van der Waals surface area contributed by atoms with E-state index in [2.05, 4.69) is 178 Å². The summed E-state index contributed by atoms with van der Waals surface area (Å²) in [5, 5.41) is 0. The molecule has 5 aromatic rings. The molecule has 2 heterocycles.